The van der Waals surface area contributed by atoms with Crippen molar-refractivity contribution >= 4 is 34.2 Å². The van der Waals surface area contributed by atoms with Gasteiger partial charge in [0.05, 0.1) is 5.69 Å². The Balaban J connectivity index is 1.59. The Bertz CT molecular complexity index is 1160. The van der Waals surface area contributed by atoms with Crippen molar-refractivity contribution in [3.05, 3.63) is 54.0 Å². The van der Waals surface area contributed by atoms with Gasteiger partial charge in [0.1, 0.15) is 11.6 Å². The number of pyridine rings is 3. The number of rotatable bonds is 4. The molecule has 0 spiro atoms. The van der Waals surface area contributed by atoms with Gasteiger partial charge in [0.15, 0.2) is 0 Å². The molecule has 0 bridgehead atoms. The zero-order valence-corrected chi connectivity index (χ0v) is 15.8. The molecule has 0 radical (unpaired) electrons. The van der Waals surface area contributed by atoms with Crippen LogP contribution < -0.4 is 16.8 Å². The number of aromatic nitrogens is 3. The number of allylic oxidation sites excluding steroid dienone is 1. The lowest BCUT2D eigenvalue weighted by atomic mass is 9.79. The van der Waals surface area contributed by atoms with E-state index in [4.69, 9.17) is 11.5 Å². The topological polar surface area (TPSA) is 137 Å². The molecule has 3 heterocycles. The first-order valence-electron chi connectivity index (χ1n) is 9.17. The summed E-state index contributed by atoms with van der Waals surface area (Å²) in [5.41, 5.74) is 14.9. The number of amides is 2. The van der Waals surface area contributed by atoms with Gasteiger partial charge in [0.2, 0.25) is 11.8 Å². The van der Waals surface area contributed by atoms with E-state index in [0.29, 0.717) is 35.6 Å². The zero-order chi connectivity index (χ0) is 20.5. The third-order valence-corrected chi connectivity index (χ3v) is 5.07. The van der Waals surface area contributed by atoms with Crippen LogP contribution in [0.5, 0.6) is 0 Å². The van der Waals surface area contributed by atoms with Gasteiger partial charge in [-0.2, -0.15) is 0 Å². The number of nitrogens with zero attached hydrogens (tertiary/aromatic N) is 3. The molecule has 1 aliphatic carbocycles. The molecule has 0 atom stereocenters. The molecular weight excluding hydrogens is 368 g/mol. The summed E-state index contributed by atoms with van der Waals surface area (Å²) in [6.45, 7) is 1.98. The van der Waals surface area contributed by atoms with Crippen molar-refractivity contribution in [2.45, 2.75) is 19.8 Å². The van der Waals surface area contributed by atoms with Crippen LogP contribution in [0.1, 0.15) is 18.4 Å². The Hall–Kier alpha value is -3.81. The van der Waals surface area contributed by atoms with Crippen molar-refractivity contribution in [3.8, 4) is 11.3 Å². The molecule has 1 fully saturated rings. The molecule has 29 heavy (non-hydrogen) atoms. The number of carbonyl (C=O) groups excluding carboxylic acids is 2. The Labute approximate surface area is 167 Å². The van der Waals surface area contributed by atoms with E-state index < -0.39 is 0 Å². The molecule has 0 unspecified atom stereocenters. The summed E-state index contributed by atoms with van der Waals surface area (Å²) in [4.78, 5) is 36.2. The zero-order valence-electron chi connectivity index (χ0n) is 15.8. The highest BCUT2D eigenvalue weighted by Crippen LogP contribution is 2.32. The summed E-state index contributed by atoms with van der Waals surface area (Å²) in [5, 5.41) is 4.27. The van der Waals surface area contributed by atoms with Gasteiger partial charge in [-0.25, -0.2) is 9.97 Å². The Morgan fingerprint density at radius 2 is 2.03 bits per heavy atom. The SMILES string of the molecule is Cc1ccncc1-c1cc2cc(NC(=O)C=C3CC(C(N)=O)C3)ncc2c(N)n1. The van der Waals surface area contributed by atoms with E-state index in [0.717, 1.165) is 22.1 Å². The number of anilines is 2. The van der Waals surface area contributed by atoms with Crippen LogP contribution in [0, 0.1) is 12.8 Å². The van der Waals surface area contributed by atoms with E-state index in [1.807, 2.05) is 19.1 Å². The van der Waals surface area contributed by atoms with Crippen LogP contribution >= 0.6 is 0 Å². The molecule has 3 aromatic rings. The van der Waals surface area contributed by atoms with E-state index in [9.17, 15) is 9.59 Å². The Morgan fingerprint density at radius 3 is 2.76 bits per heavy atom. The predicted molar refractivity (Wildman–Crippen MR) is 111 cm³/mol. The first-order valence-corrected chi connectivity index (χ1v) is 9.17. The molecule has 8 heteroatoms. The predicted octanol–water partition coefficient (Wildman–Crippen LogP) is 2.34. The molecule has 1 aliphatic rings. The number of hydrogen-bond donors (Lipinski definition) is 3. The number of aryl methyl sites for hydroxylation is 1. The number of hydrogen-bond acceptors (Lipinski definition) is 6. The molecule has 5 N–H and O–H groups in total. The van der Waals surface area contributed by atoms with Crippen molar-refractivity contribution < 1.29 is 9.59 Å². The molecular formula is C21H20N6O2. The number of carbonyl (C=O) groups is 2. The molecule has 3 aromatic heterocycles. The maximum absolute atomic E-state index is 12.2. The Morgan fingerprint density at radius 1 is 1.24 bits per heavy atom. The minimum Gasteiger partial charge on any atom is -0.383 e. The largest absolute Gasteiger partial charge is 0.383 e. The maximum atomic E-state index is 12.2. The number of fused-ring (bicyclic) bond motifs is 1. The third-order valence-electron chi connectivity index (χ3n) is 5.07. The van der Waals surface area contributed by atoms with Crippen LogP contribution in [-0.4, -0.2) is 26.8 Å². The van der Waals surface area contributed by atoms with Gasteiger partial charge in [-0.1, -0.05) is 5.57 Å². The van der Waals surface area contributed by atoms with Gasteiger partial charge in [-0.05, 0) is 48.9 Å². The maximum Gasteiger partial charge on any atom is 0.249 e. The third kappa shape index (κ3) is 3.77. The van der Waals surface area contributed by atoms with Crippen LogP contribution in [0.3, 0.4) is 0 Å². The molecule has 0 aromatic carbocycles. The van der Waals surface area contributed by atoms with E-state index in [-0.39, 0.29) is 17.7 Å². The Kier molecular flexibility index (Phi) is 4.67. The summed E-state index contributed by atoms with van der Waals surface area (Å²) in [6.07, 6.45) is 7.62. The fraction of sp³-hybridized carbons (Fsp3) is 0.190. The molecule has 4 rings (SSSR count). The number of primary amides is 1. The normalized spacial score (nSPS) is 15.6. The highest BCUT2D eigenvalue weighted by Gasteiger charge is 2.28. The van der Waals surface area contributed by atoms with Crippen molar-refractivity contribution in [1.29, 1.82) is 0 Å². The average molecular weight is 388 g/mol. The van der Waals surface area contributed by atoms with Gasteiger partial charge in [0.25, 0.3) is 0 Å². The molecule has 0 saturated heterocycles. The summed E-state index contributed by atoms with van der Waals surface area (Å²) < 4.78 is 0. The van der Waals surface area contributed by atoms with Gasteiger partial charge in [0, 0.05) is 41.5 Å². The van der Waals surface area contributed by atoms with Crippen molar-refractivity contribution in [3.63, 3.8) is 0 Å². The van der Waals surface area contributed by atoms with E-state index >= 15 is 0 Å². The fourth-order valence-corrected chi connectivity index (χ4v) is 3.35. The van der Waals surface area contributed by atoms with Crippen LogP contribution in [0.25, 0.3) is 22.0 Å². The van der Waals surface area contributed by atoms with Crippen molar-refractivity contribution in [2.75, 3.05) is 11.1 Å². The first kappa shape index (κ1) is 18.5. The van der Waals surface area contributed by atoms with Crippen LogP contribution in [-0.2, 0) is 9.59 Å². The number of nitrogen functional groups attached to an aromatic ring is 1. The average Bonchev–Trinajstić information content (AvgIpc) is 2.64. The van der Waals surface area contributed by atoms with E-state index in [1.54, 1.807) is 24.7 Å². The summed E-state index contributed by atoms with van der Waals surface area (Å²) in [7, 11) is 0. The van der Waals surface area contributed by atoms with E-state index in [1.165, 1.54) is 6.08 Å². The fourth-order valence-electron chi connectivity index (χ4n) is 3.35. The summed E-state index contributed by atoms with van der Waals surface area (Å²) in [5.74, 6) is -0.0211. The number of nitrogens with two attached hydrogens (primary N) is 2. The van der Waals surface area contributed by atoms with Gasteiger partial charge >= 0.3 is 0 Å². The highest BCUT2D eigenvalue weighted by molar-refractivity contribution is 6.01. The number of nitrogens with one attached hydrogen (secondary N) is 1. The lowest BCUT2D eigenvalue weighted by Gasteiger charge is -2.25. The first-order chi connectivity index (χ1) is 13.9. The van der Waals surface area contributed by atoms with Crippen LogP contribution in [0.2, 0.25) is 0 Å². The van der Waals surface area contributed by atoms with Crippen molar-refractivity contribution in [2.24, 2.45) is 11.7 Å². The second-order valence-corrected chi connectivity index (χ2v) is 7.17. The molecule has 1 saturated carbocycles. The van der Waals surface area contributed by atoms with Gasteiger partial charge in [-0.3, -0.25) is 14.6 Å². The quantitative estimate of drug-likeness (QED) is 0.587. The summed E-state index contributed by atoms with van der Waals surface area (Å²) in [6, 6.07) is 5.56. The highest BCUT2D eigenvalue weighted by atomic mass is 16.2. The summed E-state index contributed by atoms with van der Waals surface area (Å²) >= 11 is 0. The van der Waals surface area contributed by atoms with Crippen LogP contribution in [0.4, 0.5) is 11.6 Å². The molecule has 2 amide bonds. The van der Waals surface area contributed by atoms with Gasteiger partial charge < -0.3 is 16.8 Å². The lowest BCUT2D eigenvalue weighted by molar-refractivity contribution is -0.123. The molecule has 8 nitrogen and oxygen atoms in total. The second kappa shape index (κ2) is 7.31. The monoisotopic (exact) mass is 388 g/mol. The molecule has 146 valence electrons. The standard InChI is InChI=1S/C21H20N6O2/c1-11-2-3-24-9-15(11)17-7-13-8-18(25-10-16(13)20(22)26-17)27-19(28)6-12-4-14(5-12)21(23)29/h2-3,6-10,14H,4-5H2,1H3,(H2,22,26)(H2,23,29)(H,25,27,28). The minimum absolute atomic E-state index is 0.169. The smallest absolute Gasteiger partial charge is 0.249 e. The van der Waals surface area contributed by atoms with Crippen LogP contribution in [0.15, 0.2) is 48.4 Å². The second-order valence-electron chi connectivity index (χ2n) is 7.17. The lowest BCUT2D eigenvalue weighted by Crippen LogP contribution is -2.31. The van der Waals surface area contributed by atoms with E-state index in [2.05, 4.69) is 20.3 Å². The van der Waals surface area contributed by atoms with Crippen molar-refractivity contribution in [1.82, 2.24) is 15.0 Å². The molecule has 0 aliphatic heterocycles. The van der Waals surface area contributed by atoms with Gasteiger partial charge in [-0.15, -0.1) is 0 Å². The minimum atomic E-state index is -0.329.